The zero-order valence-corrected chi connectivity index (χ0v) is 13.5. The van der Waals surface area contributed by atoms with Crippen molar-refractivity contribution in [2.24, 2.45) is 0 Å². The monoisotopic (exact) mass is 333 g/mol. The maximum atomic E-state index is 13.0. The minimum Gasteiger partial charge on any atom is -0.464 e. The van der Waals surface area contributed by atoms with Crippen molar-refractivity contribution < 1.29 is 23.1 Å². The Bertz CT molecular complexity index is 807. The van der Waals surface area contributed by atoms with Crippen LogP contribution >= 0.6 is 0 Å². The number of benzene rings is 1. The minimum atomic E-state index is -1.33. The average Bonchev–Trinajstić information content (AvgIpc) is 3.31. The lowest BCUT2D eigenvalue weighted by atomic mass is 9.99. The van der Waals surface area contributed by atoms with Crippen LogP contribution in [0, 0.1) is 0 Å². The molecule has 6 nitrogen and oxygen atoms in total. The van der Waals surface area contributed by atoms with E-state index in [0.29, 0.717) is 10.7 Å². The lowest BCUT2D eigenvalue weighted by Gasteiger charge is -2.07. The predicted octanol–water partition coefficient (Wildman–Crippen LogP) is 2.31. The van der Waals surface area contributed by atoms with Gasteiger partial charge in [0.25, 0.3) is 0 Å². The predicted molar refractivity (Wildman–Crippen MR) is 82.0 cm³/mol. The highest BCUT2D eigenvalue weighted by molar-refractivity contribution is 7.84. The van der Waals surface area contributed by atoms with Crippen LogP contribution in [-0.4, -0.2) is 34.5 Å². The third-order valence-corrected chi connectivity index (χ3v) is 4.69. The Balaban J connectivity index is 2.14. The van der Waals surface area contributed by atoms with E-state index in [1.54, 1.807) is 24.3 Å². The van der Waals surface area contributed by atoms with Gasteiger partial charge in [-0.1, -0.05) is 17.3 Å². The van der Waals surface area contributed by atoms with Gasteiger partial charge in [0, 0.05) is 22.6 Å². The fourth-order valence-electron chi connectivity index (χ4n) is 2.42. The van der Waals surface area contributed by atoms with Crippen LogP contribution in [0.1, 0.15) is 50.9 Å². The fraction of sp³-hybridized carbons (Fsp3) is 0.312. The summed E-state index contributed by atoms with van der Waals surface area (Å²) in [6, 6.07) is 6.62. The van der Waals surface area contributed by atoms with E-state index < -0.39 is 22.6 Å². The first kappa shape index (κ1) is 15.6. The number of methoxy groups -OCH3 is 1. The van der Waals surface area contributed by atoms with E-state index in [-0.39, 0.29) is 22.7 Å². The van der Waals surface area contributed by atoms with E-state index in [1.165, 1.54) is 13.4 Å². The van der Waals surface area contributed by atoms with Crippen molar-refractivity contribution in [3.05, 3.63) is 46.8 Å². The van der Waals surface area contributed by atoms with Crippen molar-refractivity contribution in [2.75, 3.05) is 13.4 Å². The lowest BCUT2D eigenvalue weighted by molar-refractivity contribution is 0.0586. The second-order valence-electron chi connectivity index (χ2n) is 5.32. The van der Waals surface area contributed by atoms with Crippen LogP contribution in [-0.2, 0) is 15.5 Å². The van der Waals surface area contributed by atoms with Crippen molar-refractivity contribution in [2.45, 2.75) is 23.7 Å². The van der Waals surface area contributed by atoms with Gasteiger partial charge in [0.05, 0.1) is 17.9 Å². The topological polar surface area (TPSA) is 86.5 Å². The van der Waals surface area contributed by atoms with E-state index in [1.807, 2.05) is 0 Å². The van der Waals surface area contributed by atoms with E-state index in [2.05, 4.69) is 9.89 Å². The summed E-state index contributed by atoms with van der Waals surface area (Å²) in [5.41, 5.74) is 0.275. The van der Waals surface area contributed by atoms with Gasteiger partial charge >= 0.3 is 5.97 Å². The van der Waals surface area contributed by atoms with Crippen LogP contribution in [0.25, 0.3) is 0 Å². The number of hydrogen-bond donors (Lipinski definition) is 0. The van der Waals surface area contributed by atoms with Crippen LogP contribution in [0.15, 0.2) is 33.7 Å². The summed E-state index contributed by atoms with van der Waals surface area (Å²) in [6.07, 6.45) is 3.28. The highest BCUT2D eigenvalue weighted by Gasteiger charge is 2.37. The van der Waals surface area contributed by atoms with Crippen molar-refractivity contribution in [3.8, 4) is 0 Å². The molecule has 23 heavy (non-hydrogen) atoms. The molecule has 120 valence electrons. The number of ketones is 1. The van der Waals surface area contributed by atoms with E-state index in [4.69, 9.17) is 4.52 Å². The van der Waals surface area contributed by atoms with Crippen LogP contribution in [0.4, 0.5) is 0 Å². The van der Waals surface area contributed by atoms with Crippen LogP contribution in [0.5, 0.6) is 0 Å². The van der Waals surface area contributed by atoms with Crippen molar-refractivity contribution in [3.63, 3.8) is 0 Å². The second kappa shape index (κ2) is 6.08. The zero-order chi connectivity index (χ0) is 16.6. The lowest BCUT2D eigenvalue weighted by Crippen LogP contribution is -2.13. The Kier molecular flexibility index (Phi) is 4.12. The molecular formula is C16H15NO5S. The average molecular weight is 333 g/mol. The van der Waals surface area contributed by atoms with Gasteiger partial charge in [-0.3, -0.25) is 9.00 Å². The Morgan fingerprint density at radius 3 is 2.61 bits per heavy atom. The number of carbonyl (C=O) groups is 2. The molecule has 1 aliphatic carbocycles. The molecule has 1 aromatic heterocycles. The summed E-state index contributed by atoms with van der Waals surface area (Å²) in [5.74, 6) is -0.635. The van der Waals surface area contributed by atoms with Crippen molar-refractivity contribution in [1.82, 2.24) is 5.16 Å². The molecule has 2 aromatic rings. The quantitative estimate of drug-likeness (QED) is 0.616. The standard InChI is InChI=1S/C16H15NO5S/c1-21-16(19)13-12(15(22-17-13)9-7-8-9)14(18)10-5-3-4-6-11(10)23(2)20/h3-6,9H,7-8H2,1-2H3. The Morgan fingerprint density at radius 1 is 1.30 bits per heavy atom. The zero-order valence-electron chi connectivity index (χ0n) is 12.7. The summed E-state index contributed by atoms with van der Waals surface area (Å²) in [5, 5.41) is 3.72. The molecule has 3 rings (SSSR count). The van der Waals surface area contributed by atoms with E-state index in [0.717, 1.165) is 12.8 Å². The smallest absolute Gasteiger partial charge is 0.361 e. The fourth-order valence-corrected chi connectivity index (χ4v) is 3.16. The highest BCUT2D eigenvalue weighted by atomic mass is 32.2. The molecule has 1 atom stereocenters. The second-order valence-corrected chi connectivity index (χ2v) is 6.66. The summed E-state index contributed by atoms with van der Waals surface area (Å²) in [7, 11) is -0.112. The molecule has 1 aromatic carbocycles. The molecule has 7 heteroatoms. The van der Waals surface area contributed by atoms with Crippen LogP contribution in [0.2, 0.25) is 0 Å². The van der Waals surface area contributed by atoms with Gasteiger partial charge in [0.2, 0.25) is 5.69 Å². The van der Waals surface area contributed by atoms with E-state index >= 15 is 0 Å². The molecular weight excluding hydrogens is 318 g/mol. The van der Waals surface area contributed by atoms with Crippen LogP contribution < -0.4 is 0 Å². The summed E-state index contributed by atoms with van der Waals surface area (Å²) < 4.78 is 21.8. The summed E-state index contributed by atoms with van der Waals surface area (Å²) >= 11 is 0. The first-order chi connectivity index (χ1) is 11.0. The summed E-state index contributed by atoms with van der Waals surface area (Å²) in [4.78, 5) is 25.3. The molecule has 0 saturated heterocycles. The van der Waals surface area contributed by atoms with Gasteiger partial charge in [-0.05, 0) is 25.0 Å². The molecule has 0 radical (unpaired) electrons. The first-order valence-corrected chi connectivity index (χ1v) is 8.65. The number of ether oxygens (including phenoxy) is 1. The number of esters is 1. The van der Waals surface area contributed by atoms with Crippen LogP contribution in [0.3, 0.4) is 0 Å². The Morgan fingerprint density at radius 2 is 2.00 bits per heavy atom. The molecule has 1 unspecified atom stereocenters. The Hall–Kier alpha value is -2.28. The number of rotatable bonds is 5. The number of carbonyl (C=O) groups excluding carboxylic acids is 2. The molecule has 0 spiro atoms. The van der Waals surface area contributed by atoms with Gasteiger partial charge in [0.1, 0.15) is 5.56 Å². The van der Waals surface area contributed by atoms with Gasteiger partial charge in [0.15, 0.2) is 11.5 Å². The highest BCUT2D eigenvalue weighted by Crippen LogP contribution is 2.43. The maximum Gasteiger partial charge on any atom is 0.361 e. The molecule has 0 aliphatic heterocycles. The number of aromatic nitrogens is 1. The van der Waals surface area contributed by atoms with E-state index in [9.17, 15) is 13.8 Å². The number of hydrogen-bond acceptors (Lipinski definition) is 6. The first-order valence-electron chi connectivity index (χ1n) is 7.09. The van der Waals surface area contributed by atoms with Gasteiger partial charge in [-0.15, -0.1) is 0 Å². The third kappa shape index (κ3) is 2.84. The maximum absolute atomic E-state index is 13.0. The Labute approximate surface area is 135 Å². The third-order valence-electron chi connectivity index (χ3n) is 3.71. The largest absolute Gasteiger partial charge is 0.464 e. The normalized spacial score (nSPS) is 15.2. The molecule has 1 fully saturated rings. The molecule has 0 amide bonds. The molecule has 1 saturated carbocycles. The van der Waals surface area contributed by atoms with Crippen molar-refractivity contribution >= 4 is 22.6 Å². The molecule has 1 aliphatic rings. The van der Waals surface area contributed by atoms with Gasteiger partial charge < -0.3 is 9.26 Å². The van der Waals surface area contributed by atoms with Crippen molar-refractivity contribution in [1.29, 1.82) is 0 Å². The SMILES string of the molecule is COC(=O)c1noc(C2CC2)c1C(=O)c1ccccc1S(C)=O. The van der Waals surface area contributed by atoms with Gasteiger partial charge in [-0.2, -0.15) is 0 Å². The van der Waals surface area contributed by atoms with Gasteiger partial charge in [-0.25, -0.2) is 4.79 Å². The minimum absolute atomic E-state index is 0.0964. The summed E-state index contributed by atoms with van der Waals surface area (Å²) in [6.45, 7) is 0. The molecule has 1 heterocycles. The molecule has 0 bridgehead atoms. The number of nitrogens with zero attached hydrogens (tertiary/aromatic N) is 1. The molecule has 0 N–H and O–H groups in total.